The van der Waals surface area contributed by atoms with Crippen LogP contribution in [0.3, 0.4) is 0 Å². The number of fused-ring (bicyclic) bond motifs is 1. The summed E-state index contributed by atoms with van der Waals surface area (Å²) in [5.41, 5.74) is 2.96. The second-order valence-corrected chi connectivity index (χ2v) is 5.19. The molecule has 0 radical (unpaired) electrons. The number of hydrogen-bond donors (Lipinski definition) is 0. The number of carbonyl (C=O) groups is 1. The number of nitrogens with zero attached hydrogens (tertiary/aromatic N) is 1. The second kappa shape index (κ2) is 6.08. The molecule has 0 saturated heterocycles. The molecule has 5 heteroatoms. The largest absolute Gasteiger partial charge is 0.497 e. The van der Waals surface area contributed by atoms with Gasteiger partial charge >= 0.3 is 6.09 Å². The number of rotatable bonds is 3. The number of amides is 1. The van der Waals surface area contributed by atoms with Gasteiger partial charge in [-0.3, -0.25) is 4.90 Å². The zero-order valence-electron chi connectivity index (χ0n) is 13.1. The van der Waals surface area contributed by atoms with Crippen molar-refractivity contribution in [3.05, 3.63) is 29.3 Å². The first-order chi connectivity index (χ1) is 10.0. The molecule has 5 nitrogen and oxygen atoms in total. The van der Waals surface area contributed by atoms with Crippen molar-refractivity contribution < 1.29 is 19.0 Å². The molecular formula is C16H21NO4. The van der Waals surface area contributed by atoms with E-state index in [2.05, 4.69) is 6.08 Å². The van der Waals surface area contributed by atoms with Crippen molar-refractivity contribution in [2.75, 3.05) is 32.8 Å². The Morgan fingerprint density at radius 1 is 1.24 bits per heavy atom. The SMILES string of the molecule is COC(=O)N1C[C@@H](C=C(C)C)c2c(OC)cc(OC)cc21. The summed E-state index contributed by atoms with van der Waals surface area (Å²) in [4.78, 5) is 13.6. The predicted molar refractivity (Wildman–Crippen MR) is 81.5 cm³/mol. The van der Waals surface area contributed by atoms with Crippen LogP contribution in [0, 0.1) is 0 Å². The molecule has 114 valence electrons. The highest BCUT2D eigenvalue weighted by Crippen LogP contribution is 2.46. The molecule has 0 spiro atoms. The van der Waals surface area contributed by atoms with Crippen molar-refractivity contribution in [1.29, 1.82) is 0 Å². The fourth-order valence-corrected chi connectivity index (χ4v) is 2.68. The maximum absolute atomic E-state index is 12.0. The molecule has 2 rings (SSSR count). The Balaban J connectivity index is 2.60. The van der Waals surface area contributed by atoms with Crippen LogP contribution < -0.4 is 14.4 Å². The van der Waals surface area contributed by atoms with E-state index in [0.717, 1.165) is 17.0 Å². The molecule has 21 heavy (non-hydrogen) atoms. The van der Waals surface area contributed by atoms with Crippen LogP contribution in [0.1, 0.15) is 25.3 Å². The van der Waals surface area contributed by atoms with Crippen LogP contribution in [0.15, 0.2) is 23.8 Å². The highest BCUT2D eigenvalue weighted by Gasteiger charge is 2.35. The van der Waals surface area contributed by atoms with E-state index in [1.807, 2.05) is 26.0 Å². The standard InChI is InChI=1S/C16H21NO4/c1-10(2)6-11-9-17(16(18)21-5)13-7-12(19-3)8-14(20-4)15(11)13/h6-8,11H,9H2,1-5H3/t11-/m1/s1. The summed E-state index contributed by atoms with van der Waals surface area (Å²) in [7, 11) is 4.59. The lowest BCUT2D eigenvalue weighted by atomic mass is 9.98. The van der Waals surface area contributed by atoms with Crippen molar-refractivity contribution in [3.63, 3.8) is 0 Å². The topological polar surface area (TPSA) is 48.0 Å². The molecule has 0 bridgehead atoms. The molecule has 0 aromatic heterocycles. The summed E-state index contributed by atoms with van der Waals surface area (Å²) in [6.07, 6.45) is 1.76. The first kappa shape index (κ1) is 15.2. The van der Waals surface area contributed by atoms with Gasteiger partial charge in [0.2, 0.25) is 0 Å². The summed E-state index contributed by atoms with van der Waals surface area (Å²) in [6.45, 7) is 4.61. The highest BCUT2D eigenvalue weighted by atomic mass is 16.5. The molecule has 0 aliphatic carbocycles. The Morgan fingerprint density at radius 3 is 2.48 bits per heavy atom. The van der Waals surface area contributed by atoms with E-state index in [0.29, 0.717) is 12.3 Å². The molecule has 1 aliphatic heterocycles. The van der Waals surface area contributed by atoms with Gasteiger partial charge in [0.1, 0.15) is 11.5 Å². The zero-order valence-corrected chi connectivity index (χ0v) is 13.1. The maximum Gasteiger partial charge on any atom is 0.414 e. The second-order valence-electron chi connectivity index (χ2n) is 5.19. The first-order valence-electron chi connectivity index (χ1n) is 6.78. The number of carbonyl (C=O) groups excluding carboxylic acids is 1. The maximum atomic E-state index is 12.0. The zero-order chi connectivity index (χ0) is 15.6. The van der Waals surface area contributed by atoms with Gasteiger partial charge in [0.25, 0.3) is 0 Å². The quantitative estimate of drug-likeness (QED) is 0.801. The van der Waals surface area contributed by atoms with Crippen molar-refractivity contribution in [2.45, 2.75) is 19.8 Å². The van der Waals surface area contributed by atoms with Gasteiger partial charge < -0.3 is 14.2 Å². The van der Waals surface area contributed by atoms with Crippen LogP contribution >= 0.6 is 0 Å². The average Bonchev–Trinajstić information content (AvgIpc) is 2.83. The van der Waals surface area contributed by atoms with E-state index in [1.165, 1.54) is 12.7 Å². The van der Waals surface area contributed by atoms with Gasteiger partial charge in [-0.2, -0.15) is 0 Å². The molecule has 1 amide bonds. The fraction of sp³-hybridized carbons (Fsp3) is 0.438. The van der Waals surface area contributed by atoms with Crippen LogP contribution in [0.2, 0.25) is 0 Å². The lowest BCUT2D eigenvalue weighted by molar-refractivity contribution is 0.179. The van der Waals surface area contributed by atoms with Crippen LogP contribution in [-0.2, 0) is 4.74 Å². The van der Waals surface area contributed by atoms with E-state index in [9.17, 15) is 4.79 Å². The van der Waals surface area contributed by atoms with Crippen molar-refractivity contribution >= 4 is 11.8 Å². The van der Waals surface area contributed by atoms with E-state index in [-0.39, 0.29) is 12.0 Å². The Hall–Kier alpha value is -2.17. The minimum Gasteiger partial charge on any atom is -0.497 e. The molecule has 1 aromatic carbocycles. The van der Waals surface area contributed by atoms with Crippen molar-refractivity contribution in [2.24, 2.45) is 0 Å². The van der Waals surface area contributed by atoms with Gasteiger partial charge in [0.15, 0.2) is 0 Å². The van der Waals surface area contributed by atoms with Crippen molar-refractivity contribution in [1.82, 2.24) is 0 Å². The normalized spacial score (nSPS) is 16.2. The van der Waals surface area contributed by atoms with Gasteiger partial charge in [0.05, 0.1) is 27.0 Å². The Bertz CT molecular complexity index is 576. The van der Waals surface area contributed by atoms with E-state index < -0.39 is 0 Å². The van der Waals surface area contributed by atoms with Gasteiger partial charge in [-0.1, -0.05) is 11.6 Å². The minimum absolute atomic E-state index is 0.0879. The van der Waals surface area contributed by atoms with Crippen molar-refractivity contribution in [3.8, 4) is 11.5 Å². The summed E-state index contributed by atoms with van der Waals surface area (Å²) in [6, 6.07) is 3.68. The van der Waals surface area contributed by atoms with Gasteiger partial charge in [0, 0.05) is 30.2 Å². The van der Waals surface area contributed by atoms with Gasteiger partial charge in [-0.25, -0.2) is 4.79 Å². The number of hydrogen-bond acceptors (Lipinski definition) is 4. The average molecular weight is 291 g/mol. The summed E-state index contributed by atoms with van der Waals surface area (Å²) < 4.78 is 15.6. The number of methoxy groups -OCH3 is 3. The molecule has 0 unspecified atom stereocenters. The van der Waals surface area contributed by atoms with Crippen LogP contribution in [-0.4, -0.2) is 34.0 Å². The fourth-order valence-electron chi connectivity index (χ4n) is 2.68. The molecule has 0 saturated carbocycles. The third kappa shape index (κ3) is 2.82. The minimum atomic E-state index is -0.379. The molecule has 1 aromatic rings. The third-order valence-electron chi connectivity index (χ3n) is 3.52. The molecular weight excluding hydrogens is 270 g/mol. The Morgan fingerprint density at radius 2 is 1.95 bits per heavy atom. The molecule has 1 atom stereocenters. The van der Waals surface area contributed by atoms with Crippen LogP contribution in [0.5, 0.6) is 11.5 Å². The molecule has 1 aliphatic rings. The van der Waals surface area contributed by atoms with Crippen LogP contribution in [0.4, 0.5) is 10.5 Å². The summed E-state index contributed by atoms with van der Waals surface area (Å²) >= 11 is 0. The van der Waals surface area contributed by atoms with Gasteiger partial charge in [-0.15, -0.1) is 0 Å². The summed E-state index contributed by atoms with van der Waals surface area (Å²) in [5, 5.41) is 0. The van der Waals surface area contributed by atoms with Crippen LogP contribution in [0.25, 0.3) is 0 Å². The third-order valence-corrected chi connectivity index (χ3v) is 3.52. The predicted octanol–water partition coefficient (Wildman–Crippen LogP) is 3.34. The highest BCUT2D eigenvalue weighted by molar-refractivity contribution is 5.92. The monoisotopic (exact) mass is 291 g/mol. The first-order valence-corrected chi connectivity index (χ1v) is 6.78. The number of allylic oxidation sites excluding steroid dienone is 1. The Labute approximate surface area is 125 Å². The number of ether oxygens (including phenoxy) is 3. The lowest BCUT2D eigenvalue weighted by Gasteiger charge is -2.16. The smallest absolute Gasteiger partial charge is 0.414 e. The summed E-state index contributed by atoms with van der Waals surface area (Å²) in [5.74, 6) is 1.46. The van der Waals surface area contributed by atoms with E-state index in [4.69, 9.17) is 14.2 Å². The van der Waals surface area contributed by atoms with E-state index >= 15 is 0 Å². The van der Waals surface area contributed by atoms with Gasteiger partial charge in [-0.05, 0) is 13.8 Å². The lowest BCUT2D eigenvalue weighted by Crippen LogP contribution is -2.29. The number of anilines is 1. The molecule has 0 fully saturated rings. The molecule has 0 N–H and O–H groups in total. The number of benzene rings is 1. The van der Waals surface area contributed by atoms with E-state index in [1.54, 1.807) is 19.1 Å². The molecule has 1 heterocycles. The Kier molecular flexibility index (Phi) is 4.40.